The first kappa shape index (κ1) is 25.7. The van der Waals surface area contributed by atoms with Crippen LogP contribution < -0.4 is 10.2 Å². The summed E-state index contributed by atoms with van der Waals surface area (Å²) in [6.45, 7) is 2.36. The van der Waals surface area contributed by atoms with Crippen molar-refractivity contribution in [2.75, 3.05) is 30.8 Å². The number of fused-ring (bicyclic) bond motifs is 1. The van der Waals surface area contributed by atoms with Gasteiger partial charge in [-0.25, -0.2) is 8.42 Å². The van der Waals surface area contributed by atoms with Gasteiger partial charge in [0.15, 0.2) is 0 Å². The van der Waals surface area contributed by atoms with E-state index in [1.54, 1.807) is 25.2 Å². The molecule has 4 rings (SSSR count). The van der Waals surface area contributed by atoms with Crippen molar-refractivity contribution in [3.8, 4) is 0 Å². The summed E-state index contributed by atoms with van der Waals surface area (Å²) in [5.74, 6) is -0.250. The van der Waals surface area contributed by atoms with Gasteiger partial charge in [-0.2, -0.15) is 4.31 Å². The average Bonchev–Trinajstić information content (AvgIpc) is 2.86. The summed E-state index contributed by atoms with van der Waals surface area (Å²) in [5, 5.41) is 2.88. The molecular formula is C26H33N3O4S2. The molecule has 9 heteroatoms. The molecule has 0 unspecified atom stereocenters. The van der Waals surface area contributed by atoms with Crippen LogP contribution in [0.2, 0.25) is 0 Å². The Morgan fingerprint density at radius 1 is 1.11 bits per heavy atom. The molecule has 35 heavy (non-hydrogen) atoms. The molecule has 1 heterocycles. The Labute approximate surface area is 212 Å². The Kier molecular flexibility index (Phi) is 8.19. The van der Waals surface area contributed by atoms with Crippen molar-refractivity contribution in [3.05, 3.63) is 53.6 Å². The van der Waals surface area contributed by atoms with Crippen LogP contribution in [0.1, 0.15) is 43.2 Å². The van der Waals surface area contributed by atoms with Gasteiger partial charge >= 0.3 is 0 Å². The fourth-order valence-electron chi connectivity index (χ4n) is 4.62. The van der Waals surface area contributed by atoms with Crippen molar-refractivity contribution in [3.63, 3.8) is 0 Å². The summed E-state index contributed by atoms with van der Waals surface area (Å²) >= 11 is 1.37. The Bertz CT molecular complexity index is 1180. The molecule has 0 atom stereocenters. The number of hydrogen-bond acceptors (Lipinski definition) is 5. The predicted octanol–water partition coefficient (Wildman–Crippen LogP) is 3.75. The lowest BCUT2D eigenvalue weighted by molar-refractivity contribution is -0.122. The zero-order valence-electron chi connectivity index (χ0n) is 20.3. The minimum atomic E-state index is -3.70. The summed E-state index contributed by atoms with van der Waals surface area (Å²) in [6.07, 6.45) is 5.64. The molecular weight excluding hydrogens is 482 g/mol. The van der Waals surface area contributed by atoms with Gasteiger partial charge in [0.25, 0.3) is 0 Å². The Morgan fingerprint density at radius 2 is 1.83 bits per heavy atom. The molecule has 1 aliphatic heterocycles. The molecule has 2 aromatic rings. The number of carbonyl (C=O) groups is 2. The van der Waals surface area contributed by atoms with Gasteiger partial charge in [0.2, 0.25) is 21.8 Å². The van der Waals surface area contributed by atoms with Crippen LogP contribution in [0.4, 0.5) is 5.69 Å². The highest BCUT2D eigenvalue weighted by Gasteiger charge is 2.32. The normalized spacial score (nSPS) is 16.9. The van der Waals surface area contributed by atoms with Crippen LogP contribution in [0, 0.1) is 6.92 Å². The minimum absolute atomic E-state index is 0.00352. The van der Waals surface area contributed by atoms with E-state index in [1.807, 2.05) is 31.2 Å². The number of aryl methyl sites for hydroxylation is 1. The monoisotopic (exact) mass is 515 g/mol. The SMILES string of the molecule is Cc1ccc(CCNC(=O)CN2C(=O)CSc3ccc(S(=O)(=O)N(C)C4CCCCC4)cc32)cc1. The molecule has 7 nitrogen and oxygen atoms in total. The Hall–Kier alpha value is -2.36. The smallest absolute Gasteiger partial charge is 0.243 e. The molecule has 1 saturated carbocycles. The van der Waals surface area contributed by atoms with Crippen LogP contribution in [0.25, 0.3) is 0 Å². The molecule has 0 bridgehead atoms. The molecule has 2 aromatic carbocycles. The third-order valence-electron chi connectivity index (χ3n) is 6.80. The predicted molar refractivity (Wildman–Crippen MR) is 139 cm³/mol. The Balaban J connectivity index is 1.46. The third kappa shape index (κ3) is 6.08. The highest BCUT2D eigenvalue weighted by atomic mass is 32.2. The molecule has 1 aliphatic carbocycles. The van der Waals surface area contributed by atoms with Crippen LogP contribution in [-0.2, 0) is 26.0 Å². The second-order valence-corrected chi connectivity index (χ2v) is 12.3. The van der Waals surface area contributed by atoms with E-state index in [4.69, 9.17) is 0 Å². The molecule has 2 amide bonds. The van der Waals surface area contributed by atoms with E-state index in [0.717, 1.165) is 42.6 Å². The highest BCUT2D eigenvalue weighted by Crippen LogP contribution is 2.38. The maximum atomic E-state index is 13.4. The van der Waals surface area contributed by atoms with Gasteiger partial charge in [-0.15, -0.1) is 11.8 Å². The molecule has 0 spiro atoms. The highest BCUT2D eigenvalue weighted by molar-refractivity contribution is 8.00. The van der Waals surface area contributed by atoms with Crippen LogP contribution in [0.15, 0.2) is 52.3 Å². The maximum Gasteiger partial charge on any atom is 0.243 e. The number of rotatable bonds is 8. The number of benzene rings is 2. The summed E-state index contributed by atoms with van der Waals surface area (Å²) < 4.78 is 28.2. The van der Waals surface area contributed by atoms with Crippen LogP contribution >= 0.6 is 11.8 Å². The quantitative estimate of drug-likeness (QED) is 0.579. The summed E-state index contributed by atoms with van der Waals surface area (Å²) in [6, 6.07) is 13.0. The van der Waals surface area contributed by atoms with Gasteiger partial charge in [-0.05, 0) is 49.9 Å². The van der Waals surface area contributed by atoms with Crippen molar-refractivity contribution in [1.29, 1.82) is 0 Å². The first-order chi connectivity index (χ1) is 16.8. The van der Waals surface area contributed by atoms with Crippen molar-refractivity contribution in [1.82, 2.24) is 9.62 Å². The van der Waals surface area contributed by atoms with Crippen molar-refractivity contribution < 1.29 is 18.0 Å². The molecule has 0 aromatic heterocycles. The lowest BCUT2D eigenvalue weighted by Crippen LogP contribution is -2.44. The van der Waals surface area contributed by atoms with Crippen molar-refractivity contribution >= 4 is 39.3 Å². The van der Waals surface area contributed by atoms with Crippen LogP contribution in [0.5, 0.6) is 0 Å². The van der Waals surface area contributed by atoms with Crippen LogP contribution in [-0.4, -0.2) is 56.5 Å². The fraction of sp³-hybridized carbons (Fsp3) is 0.462. The van der Waals surface area contributed by atoms with Gasteiger partial charge in [-0.1, -0.05) is 49.1 Å². The van der Waals surface area contributed by atoms with E-state index in [1.165, 1.54) is 26.5 Å². The van der Waals surface area contributed by atoms with E-state index < -0.39 is 10.0 Å². The van der Waals surface area contributed by atoms with Gasteiger partial charge in [-0.3, -0.25) is 9.59 Å². The van der Waals surface area contributed by atoms with E-state index >= 15 is 0 Å². The fourth-order valence-corrected chi connectivity index (χ4v) is 6.98. The molecule has 2 aliphatic rings. The van der Waals surface area contributed by atoms with E-state index in [9.17, 15) is 18.0 Å². The minimum Gasteiger partial charge on any atom is -0.354 e. The standard InChI is InChI=1S/C26H33N3O4S2/c1-19-8-10-20(11-9-19)14-15-27-25(30)17-29-23-16-22(12-13-24(23)34-18-26(29)31)35(32,33)28(2)21-6-4-3-5-7-21/h8-13,16,21H,3-7,14-15,17-18H2,1-2H3,(H,27,30). The number of anilines is 1. The molecule has 0 saturated heterocycles. The van der Waals surface area contributed by atoms with E-state index in [0.29, 0.717) is 18.7 Å². The number of amides is 2. The molecule has 1 N–H and O–H groups in total. The number of sulfonamides is 1. The van der Waals surface area contributed by atoms with Crippen molar-refractivity contribution in [2.24, 2.45) is 0 Å². The summed E-state index contributed by atoms with van der Waals surface area (Å²) in [5.41, 5.74) is 2.80. The van der Waals surface area contributed by atoms with Gasteiger partial charge in [0.1, 0.15) is 6.54 Å². The molecule has 1 fully saturated rings. The molecule has 0 radical (unpaired) electrons. The van der Waals surface area contributed by atoms with E-state index in [2.05, 4.69) is 5.32 Å². The van der Waals surface area contributed by atoms with Gasteiger partial charge in [0, 0.05) is 24.5 Å². The first-order valence-electron chi connectivity index (χ1n) is 12.1. The zero-order chi connectivity index (χ0) is 25.0. The topological polar surface area (TPSA) is 86.8 Å². The summed E-state index contributed by atoms with van der Waals surface area (Å²) in [7, 11) is -2.06. The largest absolute Gasteiger partial charge is 0.354 e. The lowest BCUT2D eigenvalue weighted by Gasteiger charge is -2.32. The number of nitrogens with one attached hydrogen (secondary N) is 1. The average molecular weight is 516 g/mol. The number of carbonyl (C=O) groups excluding carboxylic acids is 2. The number of hydrogen-bond donors (Lipinski definition) is 1. The van der Waals surface area contributed by atoms with Crippen molar-refractivity contribution in [2.45, 2.75) is 61.3 Å². The van der Waals surface area contributed by atoms with Gasteiger partial charge in [0.05, 0.1) is 16.3 Å². The number of nitrogens with zero attached hydrogens (tertiary/aromatic N) is 2. The maximum absolute atomic E-state index is 13.4. The first-order valence-corrected chi connectivity index (χ1v) is 14.6. The third-order valence-corrected chi connectivity index (χ3v) is 9.75. The van der Waals surface area contributed by atoms with Gasteiger partial charge < -0.3 is 10.2 Å². The summed E-state index contributed by atoms with van der Waals surface area (Å²) in [4.78, 5) is 27.8. The second-order valence-electron chi connectivity index (χ2n) is 9.30. The van der Waals surface area contributed by atoms with Crippen LogP contribution in [0.3, 0.4) is 0 Å². The zero-order valence-corrected chi connectivity index (χ0v) is 22.0. The number of thioether (sulfide) groups is 1. The van der Waals surface area contributed by atoms with E-state index in [-0.39, 0.29) is 35.0 Å². The lowest BCUT2D eigenvalue weighted by atomic mass is 9.96. The second kappa shape index (κ2) is 11.1. The Morgan fingerprint density at radius 3 is 2.54 bits per heavy atom. The molecule has 188 valence electrons.